The SMILES string of the molecule is COc1ccc(C(=O)NC2=NN(c3c(Cl)cc(Cl)cc3Cl)C(=O)C2)cc1. The number of nitrogens with one attached hydrogen (secondary N) is 1. The third-order valence-electron chi connectivity index (χ3n) is 3.58. The summed E-state index contributed by atoms with van der Waals surface area (Å²) in [5.74, 6) is 0.0570. The van der Waals surface area contributed by atoms with Gasteiger partial charge in [-0.05, 0) is 36.4 Å². The molecule has 0 atom stereocenters. The smallest absolute Gasteiger partial charge is 0.256 e. The zero-order chi connectivity index (χ0) is 18.8. The zero-order valence-electron chi connectivity index (χ0n) is 13.4. The number of hydrogen-bond donors (Lipinski definition) is 1. The molecule has 0 fully saturated rings. The van der Waals surface area contributed by atoms with Gasteiger partial charge in [-0.2, -0.15) is 10.1 Å². The first kappa shape index (κ1) is 18.5. The van der Waals surface area contributed by atoms with Crippen molar-refractivity contribution in [3.63, 3.8) is 0 Å². The van der Waals surface area contributed by atoms with Crippen LogP contribution < -0.4 is 15.1 Å². The lowest BCUT2D eigenvalue weighted by Crippen LogP contribution is -2.29. The highest BCUT2D eigenvalue weighted by Gasteiger charge is 2.29. The third-order valence-corrected chi connectivity index (χ3v) is 4.37. The van der Waals surface area contributed by atoms with Gasteiger partial charge >= 0.3 is 0 Å². The van der Waals surface area contributed by atoms with Crippen LogP contribution in [0, 0.1) is 0 Å². The molecule has 1 aliphatic rings. The monoisotopic (exact) mass is 411 g/mol. The van der Waals surface area contributed by atoms with E-state index >= 15 is 0 Å². The van der Waals surface area contributed by atoms with Crippen molar-refractivity contribution >= 4 is 58.1 Å². The largest absolute Gasteiger partial charge is 0.497 e. The Hall–Kier alpha value is -2.28. The van der Waals surface area contributed by atoms with E-state index in [0.717, 1.165) is 5.01 Å². The summed E-state index contributed by atoms with van der Waals surface area (Å²) in [4.78, 5) is 24.6. The molecule has 0 bridgehead atoms. The molecule has 0 spiro atoms. The van der Waals surface area contributed by atoms with Crippen LogP contribution in [0.2, 0.25) is 15.1 Å². The van der Waals surface area contributed by atoms with E-state index in [1.54, 1.807) is 24.3 Å². The first-order valence-electron chi connectivity index (χ1n) is 7.39. The van der Waals surface area contributed by atoms with Crippen LogP contribution in [0.15, 0.2) is 41.5 Å². The van der Waals surface area contributed by atoms with Gasteiger partial charge in [-0.25, -0.2) is 0 Å². The zero-order valence-corrected chi connectivity index (χ0v) is 15.7. The number of methoxy groups -OCH3 is 1. The average Bonchev–Trinajstić information content (AvgIpc) is 2.94. The number of halogens is 3. The molecule has 1 N–H and O–H groups in total. The van der Waals surface area contributed by atoms with E-state index in [1.807, 2.05) is 0 Å². The first-order chi connectivity index (χ1) is 12.4. The molecule has 2 amide bonds. The van der Waals surface area contributed by atoms with Crippen LogP contribution in [0.5, 0.6) is 5.75 Å². The van der Waals surface area contributed by atoms with Gasteiger partial charge in [-0.3, -0.25) is 9.59 Å². The number of amidine groups is 1. The molecule has 0 aromatic heterocycles. The minimum Gasteiger partial charge on any atom is -0.497 e. The number of rotatable bonds is 3. The van der Waals surface area contributed by atoms with Crippen molar-refractivity contribution in [1.82, 2.24) is 5.32 Å². The second kappa shape index (κ2) is 7.53. The van der Waals surface area contributed by atoms with Crippen LogP contribution in [-0.2, 0) is 4.79 Å². The number of nitrogens with zero attached hydrogens (tertiary/aromatic N) is 2. The van der Waals surface area contributed by atoms with Gasteiger partial charge in [0.2, 0.25) is 0 Å². The van der Waals surface area contributed by atoms with Crippen LogP contribution in [0.3, 0.4) is 0 Å². The molecule has 2 aromatic rings. The molecule has 0 radical (unpaired) electrons. The van der Waals surface area contributed by atoms with Gasteiger partial charge in [0.15, 0.2) is 0 Å². The maximum Gasteiger partial charge on any atom is 0.256 e. The molecule has 9 heteroatoms. The molecule has 1 aliphatic heterocycles. The minimum atomic E-state index is -0.394. The Labute approximate surface area is 164 Å². The summed E-state index contributed by atoms with van der Waals surface area (Å²) in [6, 6.07) is 9.46. The number of anilines is 1. The molecule has 26 heavy (non-hydrogen) atoms. The lowest BCUT2D eigenvalue weighted by molar-refractivity contribution is -0.116. The van der Waals surface area contributed by atoms with Crippen LogP contribution in [0.4, 0.5) is 5.69 Å². The average molecular weight is 413 g/mol. The van der Waals surface area contributed by atoms with E-state index in [4.69, 9.17) is 39.5 Å². The Morgan fingerprint density at radius 2 is 1.77 bits per heavy atom. The van der Waals surface area contributed by atoms with Gasteiger partial charge in [0, 0.05) is 10.6 Å². The first-order valence-corrected chi connectivity index (χ1v) is 8.53. The Bertz CT molecular complexity index is 890. The second-order valence-electron chi connectivity index (χ2n) is 5.33. The predicted molar refractivity (Wildman–Crippen MR) is 101 cm³/mol. The molecule has 0 saturated carbocycles. The fourth-order valence-electron chi connectivity index (χ4n) is 2.36. The van der Waals surface area contributed by atoms with Gasteiger partial charge in [0.25, 0.3) is 11.8 Å². The van der Waals surface area contributed by atoms with E-state index in [-0.39, 0.29) is 33.9 Å². The standard InChI is InChI=1S/C17H12Cl3N3O3/c1-26-11-4-2-9(3-5-11)17(25)21-14-8-15(24)23(22-14)16-12(19)6-10(18)7-13(16)20/h2-7H,8H2,1H3,(H,21,22,25). The minimum absolute atomic E-state index is 0.0861. The van der Waals surface area contributed by atoms with Crippen molar-refractivity contribution in [1.29, 1.82) is 0 Å². The molecule has 0 saturated heterocycles. The lowest BCUT2D eigenvalue weighted by Gasteiger charge is -2.15. The van der Waals surface area contributed by atoms with Crippen molar-refractivity contribution in [3.8, 4) is 5.75 Å². The summed E-state index contributed by atoms with van der Waals surface area (Å²) >= 11 is 18.1. The topological polar surface area (TPSA) is 71.0 Å². The van der Waals surface area contributed by atoms with Crippen molar-refractivity contribution in [2.24, 2.45) is 5.10 Å². The quantitative estimate of drug-likeness (QED) is 0.824. The highest BCUT2D eigenvalue weighted by atomic mass is 35.5. The van der Waals surface area contributed by atoms with Crippen molar-refractivity contribution in [3.05, 3.63) is 57.0 Å². The predicted octanol–water partition coefficient (Wildman–Crippen LogP) is 4.14. The second-order valence-corrected chi connectivity index (χ2v) is 6.58. The highest BCUT2D eigenvalue weighted by Crippen LogP contribution is 2.38. The Balaban J connectivity index is 1.81. The molecule has 0 unspecified atom stereocenters. The summed E-state index contributed by atoms with van der Waals surface area (Å²) in [5, 5.41) is 8.50. The maximum atomic E-state index is 12.3. The summed E-state index contributed by atoms with van der Waals surface area (Å²) in [5.41, 5.74) is 0.624. The number of hydrazone groups is 1. The van der Waals surface area contributed by atoms with Gasteiger partial charge in [0.1, 0.15) is 17.3 Å². The molecular formula is C17H12Cl3N3O3. The van der Waals surface area contributed by atoms with Crippen LogP contribution in [-0.4, -0.2) is 24.8 Å². The normalized spacial score (nSPS) is 13.6. The fraction of sp³-hybridized carbons (Fsp3) is 0.118. The van der Waals surface area contributed by atoms with Gasteiger partial charge < -0.3 is 10.1 Å². The van der Waals surface area contributed by atoms with Crippen molar-refractivity contribution in [2.45, 2.75) is 6.42 Å². The van der Waals surface area contributed by atoms with E-state index < -0.39 is 5.91 Å². The molecular weight excluding hydrogens is 401 g/mol. The highest BCUT2D eigenvalue weighted by molar-refractivity contribution is 6.42. The van der Waals surface area contributed by atoms with Gasteiger partial charge in [-0.15, -0.1) is 0 Å². The van der Waals surface area contributed by atoms with Gasteiger partial charge in [-0.1, -0.05) is 34.8 Å². The fourth-order valence-corrected chi connectivity index (χ4v) is 3.33. The summed E-state index contributed by atoms with van der Waals surface area (Å²) in [6.07, 6.45) is -0.0861. The number of benzene rings is 2. The third kappa shape index (κ3) is 3.77. The molecule has 3 rings (SSSR count). The maximum absolute atomic E-state index is 12.3. The summed E-state index contributed by atoms with van der Waals surface area (Å²) < 4.78 is 5.05. The number of amides is 2. The van der Waals surface area contributed by atoms with Gasteiger partial charge in [0.05, 0.1) is 23.6 Å². The number of hydrogen-bond acceptors (Lipinski definition) is 4. The Kier molecular flexibility index (Phi) is 5.36. The Morgan fingerprint density at radius 3 is 2.35 bits per heavy atom. The van der Waals surface area contributed by atoms with E-state index in [0.29, 0.717) is 16.3 Å². The van der Waals surface area contributed by atoms with E-state index in [2.05, 4.69) is 10.4 Å². The lowest BCUT2D eigenvalue weighted by atomic mass is 10.2. The molecule has 2 aromatic carbocycles. The molecule has 1 heterocycles. The van der Waals surface area contributed by atoms with Crippen LogP contribution >= 0.6 is 34.8 Å². The number of carbonyl (C=O) groups is 2. The van der Waals surface area contributed by atoms with Crippen molar-refractivity contribution < 1.29 is 14.3 Å². The molecule has 6 nitrogen and oxygen atoms in total. The Morgan fingerprint density at radius 1 is 1.15 bits per heavy atom. The van der Waals surface area contributed by atoms with Crippen LogP contribution in [0.1, 0.15) is 16.8 Å². The molecule has 0 aliphatic carbocycles. The summed E-state index contributed by atoms with van der Waals surface area (Å²) in [7, 11) is 1.54. The number of carbonyl (C=O) groups excluding carboxylic acids is 2. The van der Waals surface area contributed by atoms with Crippen LogP contribution in [0.25, 0.3) is 0 Å². The molecule has 134 valence electrons. The van der Waals surface area contributed by atoms with E-state index in [9.17, 15) is 9.59 Å². The van der Waals surface area contributed by atoms with Crippen molar-refractivity contribution in [2.75, 3.05) is 12.1 Å². The van der Waals surface area contributed by atoms with E-state index in [1.165, 1.54) is 19.2 Å². The summed E-state index contributed by atoms with van der Waals surface area (Å²) in [6.45, 7) is 0. The number of ether oxygens (including phenoxy) is 1.